The highest BCUT2D eigenvalue weighted by atomic mass is 16.6. The molecule has 0 amide bonds. The zero-order valence-electron chi connectivity index (χ0n) is 15.2. The van der Waals surface area contributed by atoms with Crippen molar-refractivity contribution in [2.45, 2.75) is 6.92 Å². The van der Waals surface area contributed by atoms with Crippen LogP contribution in [-0.4, -0.2) is 88.4 Å². The van der Waals surface area contributed by atoms with Gasteiger partial charge in [0.2, 0.25) is 5.95 Å². The number of hydrogen-bond acceptors (Lipinski definition) is 9. The van der Waals surface area contributed by atoms with Gasteiger partial charge in [0.15, 0.2) is 0 Å². The first kappa shape index (κ1) is 18.8. The molecule has 2 aliphatic heterocycles. The molecule has 3 rings (SSSR count). The summed E-state index contributed by atoms with van der Waals surface area (Å²) in [6.45, 7) is 8.42. The van der Waals surface area contributed by atoms with Gasteiger partial charge in [-0.05, 0) is 6.92 Å². The molecule has 0 saturated carbocycles. The third-order valence-electron chi connectivity index (χ3n) is 4.25. The number of hydrogen-bond donors (Lipinski definition) is 0. The van der Waals surface area contributed by atoms with Gasteiger partial charge in [-0.2, -0.15) is 4.98 Å². The summed E-state index contributed by atoms with van der Waals surface area (Å²) in [5.74, 6) is 0.784. The second kappa shape index (κ2) is 9.65. The Balaban J connectivity index is 1.78. The van der Waals surface area contributed by atoms with Crippen molar-refractivity contribution in [1.82, 2.24) is 9.97 Å². The molecule has 0 atom stereocenters. The molecule has 0 radical (unpaired) electrons. The van der Waals surface area contributed by atoms with Crippen molar-refractivity contribution >= 4 is 17.7 Å². The highest BCUT2D eigenvalue weighted by Gasteiger charge is 2.24. The Morgan fingerprint density at radius 2 is 1.73 bits per heavy atom. The number of anilines is 2. The maximum atomic E-state index is 12.5. The Kier molecular flexibility index (Phi) is 6.98. The van der Waals surface area contributed by atoms with Crippen molar-refractivity contribution in [3.63, 3.8) is 0 Å². The van der Waals surface area contributed by atoms with Gasteiger partial charge in [-0.3, -0.25) is 0 Å². The lowest BCUT2D eigenvalue weighted by Crippen LogP contribution is -2.40. The SMILES string of the molecule is CCOCCOC(=O)c1cnc(N2CCOCC2)nc1N1CCOCC1. The van der Waals surface area contributed by atoms with E-state index in [-0.39, 0.29) is 6.61 Å². The lowest BCUT2D eigenvalue weighted by Gasteiger charge is -2.31. The summed E-state index contributed by atoms with van der Waals surface area (Å²) >= 11 is 0. The summed E-state index contributed by atoms with van der Waals surface area (Å²) in [6.07, 6.45) is 1.56. The van der Waals surface area contributed by atoms with Crippen LogP contribution in [0.3, 0.4) is 0 Å². The molecule has 0 aromatic carbocycles. The fourth-order valence-electron chi connectivity index (χ4n) is 2.86. The Morgan fingerprint density at radius 1 is 1.08 bits per heavy atom. The monoisotopic (exact) mass is 366 g/mol. The summed E-state index contributed by atoms with van der Waals surface area (Å²) in [6, 6.07) is 0. The fourth-order valence-corrected chi connectivity index (χ4v) is 2.86. The topological polar surface area (TPSA) is 86.2 Å². The van der Waals surface area contributed by atoms with E-state index >= 15 is 0 Å². The molecule has 1 aromatic rings. The van der Waals surface area contributed by atoms with Gasteiger partial charge in [0, 0.05) is 39.0 Å². The first-order valence-electron chi connectivity index (χ1n) is 9.07. The van der Waals surface area contributed by atoms with Crippen LogP contribution in [-0.2, 0) is 18.9 Å². The van der Waals surface area contributed by atoms with E-state index in [1.165, 1.54) is 0 Å². The minimum atomic E-state index is -0.431. The van der Waals surface area contributed by atoms with Crippen molar-refractivity contribution in [3.8, 4) is 0 Å². The fraction of sp³-hybridized carbons (Fsp3) is 0.706. The first-order chi connectivity index (χ1) is 12.8. The van der Waals surface area contributed by atoms with E-state index < -0.39 is 5.97 Å². The molecule has 2 fully saturated rings. The number of nitrogens with zero attached hydrogens (tertiary/aromatic N) is 4. The molecule has 0 bridgehead atoms. The predicted octanol–water partition coefficient (Wildman–Crippen LogP) is 0.343. The van der Waals surface area contributed by atoms with Crippen LogP contribution in [0.4, 0.5) is 11.8 Å². The van der Waals surface area contributed by atoms with Gasteiger partial charge in [0.25, 0.3) is 0 Å². The van der Waals surface area contributed by atoms with Crippen molar-refractivity contribution < 1.29 is 23.7 Å². The van der Waals surface area contributed by atoms with E-state index in [1.807, 2.05) is 11.8 Å². The van der Waals surface area contributed by atoms with E-state index in [1.54, 1.807) is 6.20 Å². The number of ether oxygens (including phenoxy) is 4. The molecule has 0 unspecified atom stereocenters. The van der Waals surface area contributed by atoms with Crippen LogP contribution in [0, 0.1) is 0 Å². The van der Waals surface area contributed by atoms with Crippen molar-refractivity contribution in [1.29, 1.82) is 0 Å². The number of esters is 1. The highest BCUT2D eigenvalue weighted by molar-refractivity contribution is 5.94. The number of carbonyl (C=O) groups is 1. The number of aromatic nitrogens is 2. The smallest absolute Gasteiger partial charge is 0.343 e. The molecule has 0 spiro atoms. The maximum Gasteiger partial charge on any atom is 0.343 e. The Morgan fingerprint density at radius 3 is 2.38 bits per heavy atom. The van der Waals surface area contributed by atoms with Crippen LogP contribution >= 0.6 is 0 Å². The van der Waals surface area contributed by atoms with Gasteiger partial charge in [0.1, 0.15) is 18.0 Å². The van der Waals surface area contributed by atoms with E-state index in [0.717, 1.165) is 13.1 Å². The van der Waals surface area contributed by atoms with Gasteiger partial charge in [-0.1, -0.05) is 0 Å². The summed E-state index contributed by atoms with van der Waals surface area (Å²) in [5, 5.41) is 0. The second-order valence-electron chi connectivity index (χ2n) is 5.94. The number of carbonyl (C=O) groups excluding carboxylic acids is 1. The molecular weight excluding hydrogens is 340 g/mol. The average molecular weight is 366 g/mol. The molecule has 1 aromatic heterocycles. The Labute approximate surface area is 153 Å². The molecule has 0 aliphatic carbocycles. The van der Waals surface area contributed by atoms with Crippen molar-refractivity contribution in [2.24, 2.45) is 0 Å². The van der Waals surface area contributed by atoms with Crippen LogP contribution in [0.25, 0.3) is 0 Å². The van der Waals surface area contributed by atoms with Crippen LogP contribution in [0.15, 0.2) is 6.20 Å². The van der Waals surface area contributed by atoms with Crippen molar-refractivity contribution in [3.05, 3.63) is 11.8 Å². The standard InChI is InChI=1S/C17H26N4O5/c1-2-23-11-12-26-16(22)14-13-18-17(21-5-9-25-10-6-21)19-15(14)20-3-7-24-8-4-20/h13H,2-12H2,1H3. The molecule has 2 aliphatic rings. The molecule has 2 saturated heterocycles. The number of rotatable bonds is 7. The van der Waals surface area contributed by atoms with Gasteiger partial charge in [-0.15, -0.1) is 0 Å². The molecule has 26 heavy (non-hydrogen) atoms. The third kappa shape index (κ3) is 4.80. The minimum absolute atomic E-state index is 0.209. The Hall–Kier alpha value is -1.97. The summed E-state index contributed by atoms with van der Waals surface area (Å²) in [5.41, 5.74) is 0.375. The molecule has 9 heteroatoms. The summed E-state index contributed by atoms with van der Waals surface area (Å²) in [4.78, 5) is 25.7. The van der Waals surface area contributed by atoms with Crippen LogP contribution in [0.2, 0.25) is 0 Å². The zero-order valence-corrected chi connectivity index (χ0v) is 15.2. The van der Waals surface area contributed by atoms with E-state index in [9.17, 15) is 4.79 Å². The lowest BCUT2D eigenvalue weighted by atomic mass is 10.2. The Bertz CT molecular complexity index is 589. The normalized spacial score (nSPS) is 18.0. The molecular formula is C17H26N4O5. The van der Waals surface area contributed by atoms with Crippen LogP contribution in [0.1, 0.15) is 17.3 Å². The lowest BCUT2D eigenvalue weighted by molar-refractivity contribution is 0.0334. The van der Waals surface area contributed by atoms with E-state index in [4.69, 9.17) is 18.9 Å². The van der Waals surface area contributed by atoms with Crippen LogP contribution in [0.5, 0.6) is 0 Å². The maximum absolute atomic E-state index is 12.5. The van der Waals surface area contributed by atoms with Gasteiger partial charge in [-0.25, -0.2) is 9.78 Å². The average Bonchev–Trinajstić information content (AvgIpc) is 2.72. The number of morpholine rings is 2. The third-order valence-corrected chi connectivity index (χ3v) is 4.25. The van der Waals surface area contributed by atoms with Crippen LogP contribution < -0.4 is 9.80 Å². The van der Waals surface area contributed by atoms with E-state index in [0.29, 0.717) is 70.1 Å². The predicted molar refractivity (Wildman–Crippen MR) is 94.9 cm³/mol. The van der Waals surface area contributed by atoms with E-state index in [2.05, 4.69) is 14.9 Å². The molecule has 144 valence electrons. The quantitative estimate of drug-likeness (QED) is 0.501. The minimum Gasteiger partial charge on any atom is -0.460 e. The highest BCUT2D eigenvalue weighted by Crippen LogP contribution is 2.23. The van der Waals surface area contributed by atoms with Gasteiger partial charge >= 0.3 is 5.97 Å². The van der Waals surface area contributed by atoms with Gasteiger partial charge < -0.3 is 28.7 Å². The van der Waals surface area contributed by atoms with Crippen molar-refractivity contribution in [2.75, 3.05) is 82.2 Å². The second-order valence-corrected chi connectivity index (χ2v) is 5.94. The zero-order chi connectivity index (χ0) is 18.2. The summed E-state index contributed by atoms with van der Waals surface area (Å²) in [7, 11) is 0. The molecule has 3 heterocycles. The van der Waals surface area contributed by atoms with Gasteiger partial charge in [0.05, 0.1) is 33.0 Å². The largest absolute Gasteiger partial charge is 0.460 e. The molecule has 0 N–H and O–H groups in total. The summed E-state index contributed by atoms with van der Waals surface area (Å²) < 4.78 is 21.3. The first-order valence-corrected chi connectivity index (χ1v) is 9.07. The molecule has 9 nitrogen and oxygen atoms in total.